The quantitative estimate of drug-likeness (QED) is 0.247. The molecule has 0 aliphatic heterocycles. The number of methoxy groups -OCH3 is 1. The molecular formula is C25H19BrN4O2S2. The lowest BCUT2D eigenvalue weighted by atomic mass is 10.1. The van der Waals surface area contributed by atoms with Crippen LogP contribution in [0.15, 0.2) is 75.5 Å². The molecule has 1 amide bonds. The summed E-state index contributed by atoms with van der Waals surface area (Å²) >= 11 is 6.20. The average molecular weight is 551 g/mol. The van der Waals surface area contributed by atoms with Crippen molar-refractivity contribution in [2.24, 2.45) is 0 Å². The first-order chi connectivity index (χ1) is 16.6. The second-order valence-electron chi connectivity index (χ2n) is 7.08. The second-order valence-corrected chi connectivity index (χ2v) is 9.94. The molecule has 2 aromatic heterocycles. The number of rotatable bonds is 8. The molecule has 0 spiro atoms. The average Bonchev–Trinajstić information content (AvgIpc) is 3.32. The molecule has 4 rings (SSSR count). The highest BCUT2D eigenvalue weighted by atomic mass is 79.9. The normalized spacial score (nSPS) is 10.5. The summed E-state index contributed by atoms with van der Waals surface area (Å²) in [6.45, 7) is 0. The lowest BCUT2D eigenvalue weighted by molar-refractivity contribution is -0.115. The van der Waals surface area contributed by atoms with E-state index in [1.807, 2.05) is 60.0 Å². The van der Waals surface area contributed by atoms with E-state index >= 15 is 0 Å². The van der Waals surface area contributed by atoms with Crippen LogP contribution in [0.2, 0.25) is 0 Å². The van der Waals surface area contributed by atoms with Crippen LogP contribution < -0.4 is 10.1 Å². The molecule has 170 valence electrons. The fraction of sp³-hybridized carbons (Fsp3) is 0.120. The number of pyridine rings is 1. The summed E-state index contributed by atoms with van der Waals surface area (Å²) in [7, 11) is 1.62. The van der Waals surface area contributed by atoms with Crippen LogP contribution in [0.4, 0.5) is 5.13 Å². The van der Waals surface area contributed by atoms with Crippen molar-refractivity contribution in [2.75, 3.05) is 18.2 Å². The van der Waals surface area contributed by atoms with E-state index < -0.39 is 0 Å². The van der Waals surface area contributed by atoms with E-state index in [1.165, 1.54) is 23.1 Å². The first-order valence-corrected chi connectivity index (χ1v) is 12.9. The number of carbonyl (C=O) groups is 1. The third-order valence-electron chi connectivity index (χ3n) is 4.82. The van der Waals surface area contributed by atoms with E-state index in [2.05, 4.69) is 37.3 Å². The van der Waals surface area contributed by atoms with Gasteiger partial charge in [0.05, 0.1) is 24.1 Å². The van der Waals surface area contributed by atoms with Crippen LogP contribution in [0.25, 0.3) is 22.5 Å². The zero-order valence-electron chi connectivity index (χ0n) is 18.1. The molecule has 0 atom stereocenters. The highest BCUT2D eigenvalue weighted by Crippen LogP contribution is 2.28. The summed E-state index contributed by atoms with van der Waals surface area (Å²) < 4.78 is 6.20. The van der Waals surface area contributed by atoms with E-state index in [4.69, 9.17) is 4.74 Å². The predicted octanol–water partition coefficient (Wildman–Crippen LogP) is 6.64. The highest BCUT2D eigenvalue weighted by molar-refractivity contribution is 9.10. The molecule has 2 heterocycles. The van der Waals surface area contributed by atoms with Gasteiger partial charge in [0.25, 0.3) is 0 Å². The van der Waals surface area contributed by atoms with Crippen LogP contribution in [0.1, 0.15) is 12.0 Å². The molecule has 0 bridgehead atoms. The largest absolute Gasteiger partial charge is 0.497 e. The number of hydrogen-bond donors (Lipinski definition) is 1. The van der Waals surface area contributed by atoms with Crippen LogP contribution >= 0.6 is 39.0 Å². The molecule has 0 radical (unpaired) electrons. The molecule has 34 heavy (non-hydrogen) atoms. The molecule has 0 aliphatic carbocycles. The zero-order valence-corrected chi connectivity index (χ0v) is 21.3. The number of aromatic nitrogens is 2. The minimum absolute atomic E-state index is 0.131. The number of nitrogens with one attached hydrogen (secondary N) is 1. The van der Waals surface area contributed by atoms with Crippen molar-refractivity contribution in [2.45, 2.75) is 11.4 Å². The standard InChI is InChI=1S/C25H19BrN4O2S2/c1-32-20-9-4-16(5-10-20)21-11-6-18(14-27)24(28-21)33-13-12-23(31)30-25-29-22(15-34-25)17-2-7-19(26)8-3-17/h2-11,15H,12-13H2,1H3,(H,29,30,31). The topological polar surface area (TPSA) is 87.9 Å². The maximum Gasteiger partial charge on any atom is 0.226 e. The van der Waals surface area contributed by atoms with Crippen molar-refractivity contribution in [3.05, 3.63) is 76.1 Å². The lowest BCUT2D eigenvalue weighted by Gasteiger charge is -2.07. The van der Waals surface area contributed by atoms with Crippen molar-refractivity contribution in [3.8, 4) is 34.3 Å². The summed E-state index contributed by atoms with van der Waals surface area (Å²) in [5.74, 6) is 1.13. The Bertz CT molecular complexity index is 1330. The van der Waals surface area contributed by atoms with Crippen molar-refractivity contribution < 1.29 is 9.53 Å². The monoisotopic (exact) mass is 550 g/mol. The van der Waals surface area contributed by atoms with Gasteiger partial charge in [0.15, 0.2) is 5.13 Å². The number of nitriles is 1. The van der Waals surface area contributed by atoms with Gasteiger partial charge in [-0.1, -0.05) is 28.1 Å². The Labute approximate surface area is 214 Å². The summed E-state index contributed by atoms with van der Waals surface area (Å²) in [5.41, 5.74) is 3.98. The summed E-state index contributed by atoms with van der Waals surface area (Å²) in [6.07, 6.45) is 0.275. The molecule has 0 aliphatic rings. The van der Waals surface area contributed by atoms with Gasteiger partial charge in [0.1, 0.15) is 16.8 Å². The number of thiazole rings is 1. The Morgan fingerprint density at radius 2 is 1.76 bits per heavy atom. The summed E-state index contributed by atoms with van der Waals surface area (Å²) in [5, 5.41) is 15.4. The fourth-order valence-corrected chi connectivity index (χ4v) is 4.98. The number of carbonyl (C=O) groups excluding carboxylic acids is 1. The number of thioether (sulfide) groups is 1. The van der Waals surface area contributed by atoms with Crippen LogP contribution in [0, 0.1) is 11.3 Å². The van der Waals surface area contributed by atoms with Gasteiger partial charge < -0.3 is 10.1 Å². The second kappa shape index (κ2) is 11.3. The van der Waals surface area contributed by atoms with Crippen molar-refractivity contribution >= 4 is 50.1 Å². The number of halogens is 1. The molecule has 2 aromatic carbocycles. The lowest BCUT2D eigenvalue weighted by Crippen LogP contribution is -2.12. The minimum Gasteiger partial charge on any atom is -0.497 e. The van der Waals surface area contributed by atoms with Crippen molar-refractivity contribution in [3.63, 3.8) is 0 Å². The molecule has 1 N–H and O–H groups in total. The molecule has 0 saturated carbocycles. The van der Waals surface area contributed by atoms with Gasteiger partial charge in [-0.3, -0.25) is 4.79 Å². The molecule has 9 heteroatoms. The summed E-state index contributed by atoms with van der Waals surface area (Å²) in [6, 6.07) is 21.2. The predicted molar refractivity (Wildman–Crippen MR) is 140 cm³/mol. The minimum atomic E-state index is -0.131. The van der Waals surface area contributed by atoms with Gasteiger partial charge in [0, 0.05) is 33.2 Å². The number of ether oxygens (including phenoxy) is 1. The van der Waals surface area contributed by atoms with E-state index in [-0.39, 0.29) is 12.3 Å². The number of hydrogen-bond acceptors (Lipinski definition) is 7. The van der Waals surface area contributed by atoms with E-state index in [9.17, 15) is 10.1 Å². The van der Waals surface area contributed by atoms with Crippen molar-refractivity contribution in [1.82, 2.24) is 9.97 Å². The smallest absolute Gasteiger partial charge is 0.226 e. The number of benzene rings is 2. The number of nitrogens with zero attached hydrogens (tertiary/aromatic N) is 3. The van der Waals surface area contributed by atoms with Gasteiger partial charge in [-0.25, -0.2) is 9.97 Å². The Morgan fingerprint density at radius 1 is 1.06 bits per heavy atom. The SMILES string of the molecule is COc1ccc(-c2ccc(C#N)c(SCCC(=O)Nc3nc(-c4ccc(Br)cc4)cs3)n2)cc1. The first kappa shape index (κ1) is 24.0. The first-order valence-electron chi connectivity index (χ1n) is 10.3. The Hall–Kier alpha value is -3.19. The molecule has 4 aromatic rings. The van der Waals surface area contributed by atoms with Gasteiger partial charge in [-0.05, 0) is 48.5 Å². The molecule has 0 unspecified atom stereocenters. The van der Waals surface area contributed by atoms with Gasteiger partial charge in [-0.15, -0.1) is 23.1 Å². The van der Waals surface area contributed by atoms with Crippen LogP contribution in [-0.2, 0) is 4.79 Å². The fourth-order valence-electron chi connectivity index (χ4n) is 3.06. The van der Waals surface area contributed by atoms with E-state index in [0.717, 1.165) is 32.7 Å². The molecule has 6 nitrogen and oxygen atoms in total. The Balaban J connectivity index is 1.35. The van der Waals surface area contributed by atoms with E-state index in [1.54, 1.807) is 13.2 Å². The molecule has 0 fully saturated rings. The van der Waals surface area contributed by atoms with Crippen LogP contribution in [-0.4, -0.2) is 28.7 Å². The number of amides is 1. The zero-order chi connectivity index (χ0) is 23.9. The van der Waals surface area contributed by atoms with Gasteiger partial charge in [0.2, 0.25) is 5.91 Å². The Kier molecular flexibility index (Phi) is 7.95. The maximum atomic E-state index is 12.4. The maximum absolute atomic E-state index is 12.4. The van der Waals surface area contributed by atoms with Crippen LogP contribution in [0.5, 0.6) is 5.75 Å². The molecule has 0 saturated heterocycles. The summed E-state index contributed by atoms with van der Waals surface area (Å²) in [4.78, 5) is 21.6. The highest BCUT2D eigenvalue weighted by Gasteiger charge is 2.12. The van der Waals surface area contributed by atoms with Crippen LogP contribution in [0.3, 0.4) is 0 Å². The third kappa shape index (κ3) is 6.03. The number of anilines is 1. The van der Waals surface area contributed by atoms with E-state index in [0.29, 0.717) is 21.5 Å². The van der Waals surface area contributed by atoms with Crippen molar-refractivity contribution in [1.29, 1.82) is 5.26 Å². The van der Waals surface area contributed by atoms with Gasteiger partial charge >= 0.3 is 0 Å². The third-order valence-corrected chi connectivity index (χ3v) is 7.10. The molecular weight excluding hydrogens is 532 g/mol. The van der Waals surface area contributed by atoms with Gasteiger partial charge in [-0.2, -0.15) is 5.26 Å². The Morgan fingerprint density at radius 3 is 2.47 bits per heavy atom.